The molecule has 0 aromatic rings. The monoisotopic (exact) mass is 248 g/mol. The predicted molar refractivity (Wildman–Crippen MR) is 72.3 cm³/mol. The summed E-state index contributed by atoms with van der Waals surface area (Å²) in [5.41, 5.74) is 0. The molecule has 0 heterocycles. The fourth-order valence-corrected chi connectivity index (χ4v) is 13.8. The largest absolute Gasteiger partial charge is 0.418 e. The van der Waals surface area contributed by atoms with Crippen LogP contribution in [0, 0.1) is 0 Å². The van der Waals surface area contributed by atoms with Crippen LogP contribution < -0.4 is 0 Å². The Labute approximate surface area is 97.6 Å². The Morgan fingerprint density at radius 1 is 0.800 bits per heavy atom. The zero-order chi connectivity index (χ0) is 12.1. The SMILES string of the molecule is CCO[Si](C)(C)C(CC)[Si](C)(C)OCC. The fourth-order valence-electron chi connectivity index (χ4n) is 2.77. The Balaban J connectivity index is 4.72. The molecule has 0 aliphatic heterocycles. The summed E-state index contributed by atoms with van der Waals surface area (Å²) in [5.74, 6) is 0. The molecule has 15 heavy (non-hydrogen) atoms. The molecular weight excluding hydrogens is 220 g/mol. The van der Waals surface area contributed by atoms with E-state index in [2.05, 4.69) is 47.0 Å². The molecule has 0 aliphatic carbocycles. The minimum Gasteiger partial charge on any atom is -0.418 e. The molecule has 0 aromatic carbocycles. The number of hydrogen-bond acceptors (Lipinski definition) is 2. The van der Waals surface area contributed by atoms with Crippen LogP contribution in [-0.4, -0.2) is 29.8 Å². The summed E-state index contributed by atoms with van der Waals surface area (Å²) < 4.78 is 12.0. The van der Waals surface area contributed by atoms with Crippen molar-refractivity contribution in [3.8, 4) is 0 Å². The molecular formula is C11H28O2Si2. The summed E-state index contributed by atoms with van der Waals surface area (Å²) >= 11 is 0. The van der Waals surface area contributed by atoms with Crippen molar-refractivity contribution in [2.45, 2.75) is 58.5 Å². The number of hydrogen-bond donors (Lipinski definition) is 0. The van der Waals surface area contributed by atoms with Gasteiger partial charge in [-0.15, -0.1) is 0 Å². The van der Waals surface area contributed by atoms with Crippen LogP contribution >= 0.6 is 0 Å². The summed E-state index contributed by atoms with van der Waals surface area (Å²) in [6, 6.07) is 0. The van der Waals surface area contributed by atoms with Crippen LogP contribution in [0.15, 0.2) is 0 Å². The van der Waals surface area contributed by atoms with E-state index in [1.54, 1.807) is 0 Å². The highest BCUT2D eigenvalue weighted by molar-refractivity contribution is 6.91. The van der Waals surface area contributed by atoms with Gasteiger partial charge in [0.05, 0.1) is 0 Å². The maximum Gasteiger partial charge on any atom is 0.189 e. The second kappa shape index (κ2) is 6.18. The molecule has 0 N–H and O–H groups in total. The van der Waals surface area contributed by atoms with Crippen molar-refractivity contribution in [3.05, 3.63) is 0 Å². The van der Waals surface area contributed by atoms with E-state index in [0.29, 0.717) is 5.16 Å². The topological polar surface area (TPSA) is 18.5 Å². The van der Waals surface area contributed by atoms with Crippen LogP contribution in [0.2, 0.25) is 31.4 Å². The van der Waals surface area contributed by atoms with Gasteiger partial charge in [-0.25, -0.2) is 0 Å². The highest BCUT2D eigenvalue weighted by atomic mass is 28.4. The Kier molecular flexibility index (Phi) is 6.32. The van der Waals surface area contributed by atoms with Crippen molar-refractivity contribution in [1.82, 2.24) is 0 Å². The van der Waals surface area contributed by atoms with Gasteiger partial charge in [0.1, 0.15) is 0 Å². The predicted octanol–water partition coefficient (Wildman–Crippen LogP) is 3.79. The second-order valence-electron chi connectivity index (χ2n) is 5.03. The van der Waals surface area contributed by atoms with Gasteiger partial charge in [-0.3, -0.25) is 0 Å². The van der Waals surface area contributed by atoms with Crippen LogP contribution in [-0.2, 0) is 8.85 Å². The third kappa shape index (κ3) is 4.38. The van der Waals surface area contributed by atoms with Crippen molar-refractivity contribution in [3.63, 3.8) is 0 Å². The molecule has 0 unspecified atom stereocenters. The zero-order valence-electron chi connectivity index (χ0n) is 11.5. The standard InChI is InChI=1S/C11H28O2Si2/c1-8-11(14(4,5)12-9-2)15(6,7)13-10-3/h11H,8-10H2,1-7H3. The molecule has 0 saturated carbocycles. The molecule has 2 nitrogen and oxygen atoms in total. The third-order valence-corrected chi connectivity index (χ3v) is 13.5. The van der Waals surface area contributed by atoms with Gasteiger partial charge in [-0.1, -0.05) is 13.3 Å². The quantitative estimate of drug-likeness (QED) is 0.638. The Morgan fingerprint density at radius 3 is 1.33 bits per heavy atom. The normalized spacial score (nSPS) is 13.6. The lowest BCUT2D eigenvalue weighted by atomic mass is 10.6. The first-order valence-corrected chi connectivity index (χ1v) is 12.1. The average molecular weight is 249 g/mol. The summed E-state index contributed by atoms with van der Waals surface area (Å²) in [4.78, 5) is 0. The first-order chi connectivity index (χ1) is 6.81. The molecule has 0 atom stereocenters. The van der Waals surface area contributed by atoms with Gasteiger partial charge in [0.15, 0.2) is 16.6 Å². The molecule has 0 spiro atoms. The van der Waals surface area contributed by atoms with E-state index >= 15 is 0 Å². The van der Waals surface area contributed by atoms with Crippen LogP contribution in [0.3, 0.4) is 0 Å². The first kappa shape index (κ1) is 15.4. The minimum atomic E-state index is -1.57. The van der Waals surface area contributed by atoms with Gasteiger partial charge in [0.25, 0.3) is 0 Å². The molecule has 0 fully saturated rings. The van der Waals surface area contributed by atoms with Gasteiger partial charge < -0.3 is 8.85 Å². The maximum absolute atomic E-state index is 6.01. The summed E-state index contributed by atoms with van der Waals surface area (Å²) in [6.45, 7) is 17.5. The molecule has 0 radical (unpaired) electrons. The van der Waals surface area contributed by atoms with E-state index in [4.69, 9.17) is 8.85 Å². The highest BCUT2D eigenvalue weighted by Gasteiger charge is 2.44. The van der Waals surface area contributed by atoms with Crippen molar-refractivity contribution in [1.29, 1.82) is 0 Å². The summed E-state index contributed by atoms with van der Waals surface area (Å²) in [5, 5.41) is 0.685. The number of rotatable bonds is 7. The van der Waals surface area contributed by atoms with Crippen LogP contribution in [0.4, 0.5) is 0 Å². The Hall–Kier alpha value is 0.354. The molecule has 0 aliphatic rings. The van der Waals surface area contributed by atoms with E-state index in [-0.39, 0.29) is 0 Å². The van der Waals surface area contributed by atoms with Gasteiger partial charge in [-0.05, 0) is 45.2 Å². The third-order valence-electron chi connectivity index (χ3n) is 3.12. The lowest BCUT2D eigenvalue weighted by Gasteiger charge is -2.40. The molecule has 0 aromatic heterocycles. The smallest absolute Gasteiger partial charge is 0.189 e. The van der Waals surface area contributed by atoms with Crippen molar-refractivity contribution in [2.24, 2.45) is 0 Å². The Morgan fingerprint density at radius 2 is 1.13 bits per heavy atom. The average Bonchev–Trinajstić information content (AvgIpc) is 2.02. The summed E-state index contributed by atoms with van der Waals surface area (Å²) in [6.07, 6.45) is 1.19. The lowest BCUT2D eigenvalue weighted by Crippen LogP contribution is -2.51. The van der Waals surface area contributed by atoms with Gasteiger partial charge >= 0.3 is 0 Å². The van der Waals surface area contributed by atoms with Gasteiger partial charge in [-0.2, -0.15) is 0 Å². The molecule has 0 saturated heterocycles. The van der Waals surface area contributed by atoms with Crippen molar-refractivity contribution >= 4 is 16.6 Å². The van der Waals surface area contributed by atoms with E-state index in [1.165, 1.54) is 6.42 Å². The molecule has 4 heteroatoms. The minimum absolute atomic E-state index is 0.685. The van der Waals surface area contributed by atoms with E-state index in [0.717, 1.165) is 13.2 Å². The zero-order valence-corrected chi connectivity index (χ0v) is 13.5. The Bertz CT molecular complexity index is 163. The van der Waals surface area contributed by atoms with Crippen LogP contribution in [0.1, 0.15) is 27.2 Å². The first-order valence-electron chi connectivity index (χ1n) is 6.09. The van der Waals surface area contributed by atoms with Crippen molar-refractivity contribution < 1.29 is 8.85 Å². The highest BCUT2D eigenvalue weighted by Crippen LogP contribution is 2.36. The van der Waals surface area contributed by atoms with E-state index < -0.39 is 16.6 Å². The van der Waals surface area contributed by atoms with E-state index in [9.17, 15) is 0 Å². The molecule has 0 rings (SSSR count). The van der Waals surface area contributed by atoms with Gasteiger partial charge in [0, 0.05) is 13.2 Å². The lowest BCUT2D eigenvalue weighted by molar-refractivity contribution is 0.302. The van der Waals surface area contributed by atoms with Crippen LogP contribution in [0.5, 0.6) is 0 Å². The maximum atomic E-state index is 6.01. The van der Waals surface area contributed by atoms with Crippen LogP contribution in [0.25, 0.3) is 0 Å². The molecule has 0 amide bonds. The second-order valence-corrected chi connectivity index (χ2v) is 14.0. The van der Waals surface area contributed by atoms with Gasteiger partial charge in [0.2, 0.25) is 0 Å². The van der Waals surface area contributed by atoms with E-state index in [1.807, 2.05) is 0 Å². The fraction of sp³-hybridized carbons (Fsp3) is 1.00. The summed E-state index contributed by atoms with van der Waals surface area (Å²) in [7, 11) is -3.14. The molecule has 92 valence electrons. The molecule has 0 bridgehead atoms. The van der Waals surface area contributed by atoms with Crippen molar-refractivity contribution in [2.75, 3.05) is 13.2 Å².